The second-order valence-corrected chi connectivity index (χ2v) is 8.55. The number of nitrogens with one attached hydrogen (secondary N) is 4. The molecule has 4 atom stereocenters. The number of amides is 3. The zero-order chi connectivity index (χ0) is 25.1. The van der Waals surface area contributed by atoms with Gasteiger partial charge in [-0.3, -0.25) is 19.8 Å². The van der Waals surface area contributed by atoms with Crippen molar-refractivity contribution < 1.29 is 29.4 Å². The molecule has 0 aromatic heterocycles. The van der Waals surface area contributed by atoms with Crippen LogP contribution in [-0.2, 0) is 19.2 Å². The number of carboxylic acids is 1. The zero-order valence-electron chi connectivity index (χ0n) is 19.2. The standard InChI is InChI=1S/C20H37N7O6/c1-11(2)9-14(16(29)25-13(19(32)33)5-3-7-24-20(22)23)26-17(30)15-6-4-8-27(15)18(31)12(21)10-28/h11-15,28H,3-10,21H2,1-2H3,(H,25,29)(H,26,30)(H,32,33)(H4,22,23,24)/t12-,13-,14-,15-/m0/s1. The van der Waals surface area contributed by atoms with E-state index in [0.29, 0.717) is 25.8 Å². The summed E-state index contributed by atoms with van der Waals surface area (Å²) in [5.74, 6) is -3.12. The van der Waals surface area contributed by atoms with E-state index in [4.69, 9.17) is 22.0 Å². The molecule has 10 N–H and O–H groups in total. The molecule has 0 bridgehead atoms. The lowest BCUT2D eigenvalue weighted by Crippen LogP contribution is -2.57. The fraction of sp³-hybridized carbons (Fsp3) is 0.750. The van der Waals surface area contributed by atoms with Crippen molar-refractivity contribution in [2.45, 2.75) is 70.1 Å². The van der Waals surface area contributed by atoms with Crippen LogP contribution in [-0.4, -0.2) is 88.6 Å². The zero-order valence-corrected chi connectivity index (χ0v) is 19.2. The molecule has 0 aliphatic carbocycles. The summed E-state index contributed by atoms with van der Waals surface area (Å²) in [5, 5.41) is 33.4. The highest BCUT2D eigenvalue weighted by atomic mass is 16.4. The molecule has 0 aromatic rings. The summed E-state index contributed by atoms with van der Waals surface area (Å²) in [4.78, 5) is 51.0. The molecule has 3 amide bonds. The minimum absolute atomic E-state index is 0.0215. The first-order valence-electron chi connectivity index (χ1n) is 11.1. The van der Waals surface area contributed by atoms with Gasteiger partial charge in [0.05, 0.1) is 6.61 Å². The van der Waals surface area contributed by atoms with Crippen LogP contribution >= 0.6 is 0 Å². The fourth-order valence-electron chi connectivity index (χ4n) is 3.62. The number of nitrogens with two attached hydrogens (primary N) is 2. The molecule has 1 rings (SSSR count). The summed E-state index contributed by atoms with van der Waals surface area (Å²) >= 11 is 0. The molecule has 13 nitrogen and oxygen atoms in total. The van der Waals surface area contributed by atoms with Gasteiger partial charge in [-0.25, -0.2) is 4.79 Å². The molecule has 1 heterocycles. The Labute approximate surface area is 193 Å². The number of nitrogens with zero attached hydrogens (tertiary/aromatic N) is 1. The van der Waals surface area contributed by atoms with E-state index in [9.17, 15) is 24.3 Å². The number of guanidine groups is 1. The van der Waals surface area contributed by atoms with Gasteiger partial charge in [0.25, 0.3) is 0 Å². The molecule has 13 heteroatoms. The van der Waals surface area contributed by atoms with Crippen molar-refractivity contribution in [2.24, 2.45) is 17.4 Å². The Morgan fingerprint density at radius 1 is 1.18 bits per heavy atom. The summed E-state index contributed by atoms with van der Waals surface area (Å²) in [5.41, 5.74) is 10.8. The third-order valence-electron chi connectivity index (χ3n) is 5.29. The molecule has 1 aliphatic rings. The fourth-order valence-corrected chi connectivity index (χ4v) is 3.62. The van der Waals surface area contributed by atoms with Gasteiger partial charge in [0, 0.05) is 13.1 Å². The molecule has 1 aliphatic heterocycles. The number of carboxylic acid groups (broad SMARTS) is 1. The topological polar surface area (TPSA) is 224 Å². The van der Waals surface area contributed by atoms with Crippen LogP contribution < -0.4 is 27.4 Å². The van der Waals surface area contributed by atoms with Crippen LogP contribution in [0.1, 0.15) is 46.0 Å². The Morgan fingerprint density at radius 3 is 2.39 bits per heavy atom. The van der Waals surface area contributed by atoms with E-state index in [0.717, 1.165) is 0 Å². The molecule has 0 aromatic carbocycles. The van der Waals surface area contributed by atoms with Crippen LogP contribution in [0.15, 0.2) is 0 Å². The maximum Gasteiger partial charge on any atom is 0.326 e. The van der Waals surface area contributed by atoms with Crippen molar-refractivity contribution in [3.8, 4) is 0 Å². The number of rotatable bonds is 13. The van der Waals surface area contributed by atoms with E-state index < -0.39 is 54.5 Å². The van der Waals surface area contributed by atoms with Crippen molar-refractivity contribution >= 4 is 29.7 Å². The second-order valence-electron chi connectivity index (χ2n) is 8.55. The molecule has 0 spiro atoms. The molecule has 1 saturated heterocycles. The third-order valence-corrected chi connectivity index (χ3v) is 5.29. The average Bonchev–Trinajstić information content (AvgIpc) is 3.23. The lowest BCUT2D eigenvalue weighted by Gasteiger charge is -2.28. The SMILES string of the molecule is CC(C)C[C@H](NC(=O)[C@@H]1CCCN1C(=O)[C@@H](N)CO)C(=O)N[C@@H](CCCNC(=N)N)C(=O)O. The molecule has 188 valence electrons. The first-order valence-corrected chi connectivity index (χ1v) is 11.1. The van der Waals surface area contributed by atoms with Gasteiger partial charge in [-0.15, -0.1) is 0 Å². The van der Waals surface area contributed by atoms with Gasteiger partial charge in [0.1, 0.15) is 24.2 Å². The van der Waals surface area contributed by atoms with Crippen LogP contribution in [0.2, 0.25) is 0 Å². The molecular weight excluding hydrogens is 434 g/mol. The molecular formula is C20H37N7O6. The predicted octanol–water partition coefficient (Wildman–Crippen LogP) is -2.34. The van der Waals surface area contributed by atoms with Gasteiger partial charge in [-0.2, -0.15) is 0 Å². The normalized spacial score (nSPS) is 18.3. The molecule has 1 fully saturated rings. The summed E-state index contributed by atoms with van der Waals surface area (Å²) < 4.78 is 0. The maximum absolute atomic E-state index is 12.9. The van der Waals surface area contributed by atoms with Gasteiger partial charge in [0.2, 0.25) is 17.7 Å². The van der Waals surface area contributed by atoms with E-state index in [2.05, 4.69) is 16.0 Å². The number of aliphatic hydroxyl groups excluding tert-OH is 1. The Morgan fingerprint density at radius 2 is 1.85 bits per heavy atom. The Bertz CT molecular complexity index is 717. The Kier molecular flexibility index (Phi) is 11.6. The summed E-state index contributed by atoms with van der Waals surface area (Å²) in [7, 11) is 0. The third kappa shape index (κ3) is 9.22. The van der Waals surface area contributed by atoms with E-state index in [-0.39, 0.29) is 31.3 Å². The summed E-state index contributed by atoms with van der Waals surface area (Å²) in [6.45, 7) is 3.78. The van der Waals surface area contributed by atoms with Crippen LogP contribution in [0.5, 0.6) is 0 Å². The van der Waals surface area contributed by atoms with Crippen LogP contribution in [0.4, 0.5) is 0 Å². The number of likely N-dealkylation sites (tertiary alicyclic amines) is 1. The van der Waals surface area contributed by atoms with Crippen molar-refractivity contribution in [1.82, 2.24) is 20.9 Å². The van der Waals surface area contributed by atoms with Crippen molar-refractivity contribution in [3.63, 3.8) is 0 Å². The largest absolute Gasteiger partial charge is 0.480 e. The van der Waals surface area contributed by atoms with E-state index in [1.54, 1.807) is 0 Å². The highest BCUT2D eigenvalue weighted by Crippen LogP contribution is 2.19. The molecule has 0 unspecified atom stereocenters. The van der Waals surface area contributed by atoms with Gasteiger partial charge in [0.15, 0.2) is 5.96 Å². The Balaban J connectivity index is 2.83. The summed E-state index contributed by atoms with van der Waals surface area (Å²) in [6, 6.07) is -4.10. The van der Waals surface area contributed by atoms with E-state index >= 15 is 0 Å². The first-order chi connectivity index (χ1) is 15.5. The van der Waals surface area contributed by atoms with Crippen LogP contribution in [0.25, 0.3) is 0 Å². The van der Waals surface area contributed by atoms with E-state index in [1.165, 1.54) is 4.90 Å². The molecule has 0 radical (unpaired) electrons. The second kappa shape index (κ2) is 13.6. The van der Waals surface area contributed by atoms with Crippen LogP contribution in [0, 0.1) is 11.3 Å². The minimum atomic E-state index is -1.22. The number of aliphatic carboxylic acids is 1. The highest BCUT2D eigenvalue weighted by Gasteiger charge is 2.37. The summed E-state index contributed by atoms with van der Waals surface area (Å²) in [6.07, 6.45) is 1.70. The maximum atomic E-state index is 12.9. The van der Waals surface area contributed by atoms with Crippen LogP contribution in [0.3, 0.4) is 0 Å². The number of hydrogen-bond donors (Lipinski definition) is 8. The predicted molar refractivity (Wildman–Crippen MR) is 120 cm³/mol. The molecule has 0 saturated carbocycles. The van der Waals surface area contributed by atoms with Gasteiger partial charge in [-0.05, 0) is 38.0 Å². The van der Waals surface area contributed by atoms with Crippen molar-refractivity contribution in [2.75, 3.05) is 19.7 Å². The quantitative estimate of drug-likeness (QED) is 0.0817. The monoisotopic (exact) mass is 471 g/mol. The lowest BCUT2D eigenvalue weighted by molar-refractivity contribution is -0.143. The Hall–Kier alpha value is -2.93. The minimum Gasteiger partial charge on any atom is -0.480 e. The van der Waals surface area contributed by atoms with Gasteiger partial charge < -0.3 is 42.5 Å². The first kappa shape index (κ1) is 28.1. The average molecular weight is 472 g/mol. The number of carbonyl (C=O) groups is 4. The van der Waals surface area contributed by atoms with Crippen molar-refractivity contribution in [1.29, 1.82) is 5.41 Å². The smallest absolute Gasteiger partial charge is 0.326 e. The van der Waals surface area contributed by atoms with Gasteiger partial charge in [-0.1, -0.05) is 13.8 Å². The van der Waals surface area contributed by atoms with E-state index in [1.807, 2.05) is 13.8 Å². The van der Waals surface area contributed by atoms with Crippen molar-refractivity contribution in [3.05, 3.63) is 0 Å². The van der Waals surface area contributed by atoms with Gasteiger partial charge >= 0.3 is 5.97 Å². The number of aliphatic hydroxyl groups is 1. The highest BCUT2D eigenvalue weighted by molar-refractivity contribution is 5.94. The molecule has 33 heavy (non-hydrogen) atoms. The lowest BCUT2D eigenvalue weighted by atomic mass is 10.0. The number of hydrogen-bond acceptors (Lipinski definition) is 7. The number of carbonyl (C=O) groups excluding carboxylic acids is 3.